The fourth-order valence-electron chi connectivity index (χ4n) is 5.79. The lowest BCUT2D eigenvalue weighted by molar-refractivity contribution is 0.376. The Morgan fingerprint density at radius 3 is 2.40 bits per heavy atom. The van der Waals surface area contributed by atoms with Crippen LogP contribution in [0.1, 0.15) is 114 Å². The molecule has 0 saturated carbocycles. The predicted octanol–water partition coefficient (Wildman–Crippen LogP) is 12.1. The SMILES string of the molecule is CC1=C(CC\C(C)=C/C=C/C(C)=C/C=C/C=C(\C)C#CCC(C)/C=C/C2=C(C)CCCC2(C)C)C(C)(C)CC=C1. The summed E-state index contributed by atoms with van der Waals surface area (Å²) >= 11 is 0. The van der Waals surface area contributed by atoms with Crippen LogP contribution in [-0.2, 0) is 0 Å². The monoisotopic (exact) mass is 536 g/mol. The molecule has 40 heavy (non-hydrogen) atoms. The van der Waals surface area contributed by atoms with Gasteiger partial charge in [-0.05, 0) is 101 Å². The maximum Gasteiger partial charge on any atom is 0.0153 e. The van der Waals surface area contributed by atoms with Crippen LogP contribution in [0.4, 0.5) is 0 Å². The van der Waals surface area contributed by atoms with E-state index in [1.165, 1.54) is 41.6 Å². The van der Waals surface area contributed by atoms with E-state index < -0.39 is 0 Å². The second kappa shape index (κ2) is 15.9. The Morgan fingerprint density at radius 2 is 1.70 bits per heavy atom. The van der Waals surface area contributed by atoms with Gasteiger partial charge in [0.1, 0.15) is 0 Å². The number of allylic oxidation sites excluding steroid dienone is 18. The molecule has 0 aromatic rings. The molecule has 0 heteroatoms. The maximum atomic E-state index is 3.37. The van der Waals surface area contributed by atoms with Crippen molar-refractivity contribution in [3.8, 4) is 11.8 Å². The van der Waals surface area contributed by atoms with E-state index in [0.717, 1.165) is 31.3 Å². The molecule has 1 unspecified atom stereocenters. The molecule has 2 aliphatic carbocycles. The van der Waals surface area contributed by atoms with E-state index in [1.807, 2.05) is 0 Å². The average molecular weight is 537 g/mol. The van der Waals surface area contributed by atoms with Crippen LogP contribution < -0.4 is 0 Å². The molecular weight excluding hydrogens is 480 g/mol. The Labute approximate surface area is 248 Å². The van der Waals surface area contributed by atoms with Crippen molar-refractivity contribution < 1.29 is 0 Å². The molecule has 2 aliphatic rings. The molecule has 1 atom stereocenters. The third-order valence-electron chi connectivity index (χ3n) is 8.46. The summed E-state index contributed by atoms with van der Waals surface area (Å²) in [5.41, 5.74) is 10.5. The molecular formula is C40H56. The summed E-state index contributed by atoms with van der Waals surface area (Å²) in [6.07, 6.45) is 32.5. The zero-order valence-corrected chi connectivity index (χ0v) is 27.4. The lowest BCUT2D eigenvalue weighted by Crippen LogP contribution is -2.19. The maximum absolute atomic E-state index is 3.37. The van der Waals surface area contributed by atoms with Crippen molar-refractivity contribution in [3.05, 3.63) is 106 Å². The van der Waals surface area contributed by atoms with Crippen LogP contribution in [0.2, 0.25) is 0 Å². The third kappa shape index (κ3) is 11.4. The van der Waals surface area contributed by atoms with Gasteiger partial charge in [-0.2, -0.15) is 0 Å². The van der Waals surface area contributed by atoms with Crippen molar-refractivity contribution in [2.24, 2.45) is 16.7 Å². The van der Waals surface area contributed by atoms with Crippen molar-refractivity contribution in [1.29, 1.82) is 0 Å². The Morgan fingerprint density at radius 1 is 0.975 bits per heavy atom. The summed E-state index contributed by atoms with van der Waals surface area (Å²) < 4.78 is 0. The predicted molar refractivity (Wildman–Crippen MR) is 180 cm³/mol. The van der Waals surface area contributed by atoms with Crippen molar-refractivity contribution >= 4 is 0 Å². The second-order valence-electron chi connectivity index (χ2n) is 13.4. The van der Waals surface area contributed by atoms with E-state index in [4.69, 9.17) is 0 Å². The number of hydrogen-bond donors (Lipinski definition) is 0. The van der Waals surface area contributed by atoms with Crippen LogP contribution in [0.5, 0.6) is 0 Å². The lowest BCUT2D eigenvalue weighted by atomic mass is 9.72. The molecule has 0 amide bonds. The molecule has 0 heterocycles. The quantitative estimate of drug-likeness (QED) is 0.192. The Kier molecular flexibility index (Phi) is 13.3. The summed E-state index contributed by atoms with van der Waals surface area (Å²) in [7, 11) is 0. The van der Waals surface area contributed by atoms with E-state index in [1.54, 1.807) is 11.1 Å². The minimum absolute atomic E-state index is 0.290. The van der Waals surface area contributed by atoms with Crippen LogP contribution in [0, 0.1) is 28.6 Å². The van der Waals surface area contributed by atoms with E-state index in [2.05, 4.69) is 148 Å². The Balaban J connectivity index is 1.81. The molecule has 0 nitrogen and oxygen atoms in total. The van der Waals surface area contributed by atoms with Gasteiger partial charge >= 0.3 is 0 Å². The van der Waals surface area contributed by atoms with Crippen LogP contribution in [-0.4, -0.2) is 0 Å². The number of hydrogen-bond acceptors (Lipinski definition) is 0. The third-order valence-corrected chi connectivity index (χ3v) is 8.46. The van der Waals surface area contributed by atoms with Crippen molar-refractivity contribution in [2.45, 2.75) is 114 Å². The Bertz CT molecular complexity index is 1210. The highest BCUT2D eigenvalue weighted by Crippen LogP contribution is 2.41. The molecule has 0 fully saturated rings. The van der Waals surface area contributed by atoms with Gasteiger partial charge in [0.15, 0.2) is 0 Å². The molecule has 216 valence electrons. The molecule has 2 rings (SSSR count). The molecule has 0 radical (unpaired) electrons. The van der Waals surface area contributed by atoms with Gasteiger partial charge in [-0.1, -0.05) is 141 Å². The van der Waals surface area contributed by atoms with E-state index in [0.29, 0.717) is 11.3 Å². The highest BCUT2D eigenvalue weighted by Gasteiger charge is 2.27. The first-order valence-electron chi connectivity index (χ1n) is 15.4. The summed E-state index contributed by atoms with van der Waals surface area (Å²) in [6.45, 7) is 22.8. The minimum atomic E-state index is 0.290. The average Bonchev–Trinajstić information content (AvgIpc) is 2.85. The highest BCUT2D eigenvalue weighted by atomic mass is 14.3. The molecule has 0 aliphatic heterocycles. The lowest BCUT2D eigenvalue weighted by Gasteiger charge is -2.33. The molecule has 0 saturated heterocycles. The van der Waals surface area contributed by atoms with E-state index in [-0.39, 0.29) is 5.41 Å². The van der Waals surface area contributed by atoms with Crippen LogP contribution >= 0.6 is 0 Å². The summed E-state index contributed by atoms with van der Waals surface area (Å²) in [5.74, 6) is 7.15. The normalized spacial score (nSPS) is 21.1. The zero-order valence-electron chi connectivity index (χ0n) is 27.4. The van der Waals surface area contributed by atoms with Crippen LogP contribution in [0.25, 0.3) is 0 Å². The first-order chi connectivity index (χ1) is 18.8. The first-order valence-corrected chi connectivity index (χ1v) is 15.4. The topological polar surface area (TPSA) is 0 Å². The van der Waals surface area contributed by atoms with Crippen molar-refractivity contribution in [1.82, 2.24) is 0 Å². The van der Waals surface area contributed by atoms with Crippen LogP contribution in [0.15, 0.2) is 106 Å². The fraction of sp³-hybridized carbons (Fsp3) is 0.500. The number of rotatable bonds is 10. The highest BCUT2D eigenvalue weighted by molar-refractivity contribution is 5.35. The molecule has 0 bridgehead atoms. The van der Waals surface area contributed by atoms with Gasteiger partial charge in [0.05, 0.1) is 0 Å². The molecule has 0 spiro atoms. The van der Waals surface area contributed by atoms with E-state index >= 15 is 0 Å². The minimum Gasteiger partial charge on any atom is -0.0976 e. The van der Waals surface area contributed by atoms with Gasteiger partial charge in [-0.3, -0.25) is 0 Å². The van der Waals surface area contributed by atoms with Gasteiger partial charge in [0.2, 0.25) is 0 Å². The van der Waals surface area contributed by atoms with Crippen LogP contribution in [0.3, 0.4) is 0 Å². The van der Waals surface area contributed by atoms with Crippen molar-refractivity contribution in [2.75, 3.05) is 0 Å². The van der Waals surface area contributed by atoms with Gasteiger partial charge < -0.3 is 0 Å². The van der Waals surface area contributed by atoms with Gasteiger partial charge in [0.25, 0.3) is 0 Å². The standard InChI is InChI=1S/C40H56/c1-31(19-13-21-33(3)25-27-37-35(5)23-15-29-39(37,7)8)17-11-12-18-32(2)20-14-22-34(4)26-28-38-36(6)24-16-30-40(38,9)10/h11-13,15,17-19,21,23,26,28,34H,16,22,24-25,27,29-30H2,1-10H3/b12-11+,19-13+,28-26+,31-17+,32-18+,33-21-. The van der Waals surface area contributed by atoms with Gasteiger partial charge in [-0.15, -0.1) is 0 Å². The summed E-state index contributed by atoms with van der Waals surface area (Å²) in [5, 5.41) is 0. The summed E-state index contributed by atoms with van der Waals surface area (Å²) in [4.78, 5) is 0. The second-order valence-corrected chi connectivity index (χ2v) is 13.4. The smallest absolute Gasteiger partial charge is 0.0153 e. The van der Waals surface area contributed by atoms with Gasteiger partial charge in [0, 0.05) is 6.42 Å². The molecule has 0 aromatic heterocycles. The molecule has 0 N–H and O–H groups in total. The Hall–Kier alpha value is -2.78. The zero-order chi connectivity index (χ0) is 29.8. The fourth-order valence-corrected chi connectivity index (χ4v) is 5.79. The first kappa shape index (κ1) is 33.4. The largest absolute Gasteiger partial charge is 0.0976 e. The van der Waals surface area contributed by atoms with Crippen molar-refractivity contribution in [3.63, 3.8) is 0 Å². The summed E-state index contributed by atoms with van der Waals surface area (Å²) in [6, 6.07) is 0. The molecule has 0 aromatic carbocycles. The van der Waals surface area contributed by atoms with E-state index in [9.17, 15) is 0 Å². The van der Waals surface area contributed by atoms with Gasteiger partial charge in [-0.25, -0.2) is 0 Å².